The van der Waals surface area contributed by atoms with Gasteiger partial charge in [0, 0.05) is 5.92 Å². The van der Waals surface area contributed by atoms with E-state index in [4.69, 9.17) is 9.47 Å². The van der Waals surface area contributed by atoms with Crippen LogP contribution in [0.5, 0.6) is 5.75 Å². The minimum atomic E-state index is -1.21. The summed E-state index contributed by atoms with van der Waals surface area (Å²) in [6, 6.07) is 16.5. The van der Waals surface area contributed by atoms with Crippen molar-refractivity contribution in [2.75, 3.05) is 24.8 Å². The summed E-state index contributed by atoms with van der Waals surface area (Å²) < 4.78 is 10.4. The second kappa shape index (κ2) is 11.4. The number of allylic oxidation sites excluding steroid dienone is 1. The highest BCUT2D eigenvalue weighted by Gasteiger charge is 2.44. The number of hydrogen-bond acceptors (Lipinski definition) is 7. The predicted molar refractivity (Wildman–Crippen MR) is 129 cm³/mol. The SMILES string of the molecule is CCOc1ccccc1NC(=O)CSC1=C(C#N)[C@@H](c2ccc(C)cc2)[C@@H](C(=O)OC)C(=O)N1. The van der Waals surface area contributed by atoms with Crippen LogP contribution in [0.1, 0.15) is 24.0 Å². The Morgan fingerprint density at radius 1 is 1.18 bits per heavy atom. The molecule has 2 aromatic rings. The van der Waals surface area contributed by atoms with Crippen LogP contribution in [-0.2, 0) is 19.1 Å². The number of carbonyl (C=O) groups is 3. The summed E-state index contributed by atoms with van der Waals surface area (Å²) in [7, 11) is 1.20. The molecule has 0 saturated heterocycles. The number of methoxy groups -OCH3 is 1. The number of para-hydroxylation sites is 2. The predicted octanol–water partition coefficient (Wildman–Crippen LogP) is 3.50. The molecule has 0 saturated carbocycles. The Bertz CT molecular complexity index is 1150. The maximum Gasteiger partial charge on any atom is 0.319 e. The summed E-state index contributed by atoms with van der Waals surface area (Å²) in [5.41, 5.74) is 2.37. The largest absolute Gasteiger partial charge is 0.492 e. The molecule has 0 aliphatic carbocycles. The van der Waals surface area contributed by atoms with Crippen molar-refractivity contribution in [3.8, 4) is 11.8 Å². The molecule has 3 rings (SSSR count). The molecule has 2 atom stereocenters. The monoisotopic (exact) mass is 479 g/mol. The third kappa shape index (κ3) is 5.58. The van der Waals surface area contributed by atoms with Crippen molar-refractivity contribution in [1.82, 2.24) is 5.32 Å². The Balaban J connectivity index is 1.87. The van der Waals surface area contributed by atoms with Crippen molar-refractivity contribution in [3.63, 3.8) is 0 Å². The first kappa shape index (κ1) is 24.9. The molecule has 2 N–H and O–H groups in total. The quantitative estimate of drug-likeness (QED) is 0.439. The van der Waals surface area contributed by atoms with Crippen LogP contribution in [0.3, 0.4) is 0 Å². The lowest BCUT2D eigenvalue weighted by Gasteiger charge is -2.31. The normalized spacial score (nSPS) is 17.4. The fourth-order valence-electron chi connectivity index (χ4n) is 3.63. The highest BCUT2D eigenvalue weighted by atomic mass is 32.2. The number of hydrogen-bond donors (Lipinski definition) is 2. The van der Waals surface area contributed by atoms with E-state index >= 15 is 0 Å². The average Bonchev–Trinajstić information content (AvgIpc) is 2.83. The van der Waals surface area contributed by atoms with E-state index in [9.17, 15) is 19.6 Å². The van der Waals surface area contributed by atoms with Crippen LogP contribution >= 0.6 is 11.8 Å². The molecule has 2 amide bonds. The topological polar surface area (TPSA) is 118 Å². The summed E-state index contributed by atoms with van der Waals surface area (Å²) in [4.78, 5) is 38.0. The Kier molecular flexibility index (Phi) is 8.33. The van der Waals surface area contributed by atoms with E-state index in [2.05, 4.69) is 16.7 Å². The van der Waals surface area contributed by atoms with Gasteiger partial charge in [0.1, 0.15) is 11.7 Å². The summed E-state index contributed by atoms with van der Waals surface area (Å²) in [5, 5.41) is 15.6. The highest BCUT2D eigenvalue weighted by Crippen LogP contribution is 2.40. The summed E-state index contributed by atoms with van der Waals surface area (Å²) in [6.07, 6.45) is 0. The third-order valence-electron chi connectivity index (χ3n) is 5.23. The molecular weight excluding hydrogens is 454 g/mol. The van der Waals surface area contributed by atoms with Crippen LogP contribution in [0.15, 0.2) is 59.1 Å². The zero-order valence-electron chi connectivity index (χ0n) is 19.1. The average molecular weight is 480 g/mol. The molecule has 2 aromatic carbocycles. The number of carbonyl (C=O) groups excluding carboxylic acids is 3. The molecule has 0 spiro atoms. The number of anilines is 1. The number of nitriles is 1. The smallest absolute Gasteiger partial charge is 0.319 e. The second-order valence-electron chi connectivity index (χ2n) is 7.50. The number of nitrogens with zero attached hydrogens (tertiary/aromatic N) is 1. The van der Waals surface area contributed by atoms with E-state index in [1.807, 2.05) is 26.0 Å². The van der Waals surface area contributed by atoms with Crippen LogP contribution in [-0.4, -0.2) is 37.3 Å². The first-order chi connectivity index (χ1) is 16.4. The molecule has 1 aliphatic rings. The zero-order valence-corrected chi connectivity index (χ0v) is 19.9. The van der Waals surface area contributed by atoms with E-state index in [1.54, 1.807) is 36.4 Å². The molecule has 176 valence electrons. The second-order valence-corrected chi connectivity index (χ2v) is 8.48. The van der Waals surface area contributed by atoms with Gasteiger partial charge in [0.25, 0.3) is 0 Å². The number of amides is 2. The van der Waals surface area contributed by atoms with Crippen LogP contribution in [0.4, 0.5) is 5.69 Å². The van der Waals surface area contributed by atoms with Gasteiger partial charge >= 0.3 is 5.97 Å². The molecule has 0 unspecified atom stereocenters. The van der Waals surface area contributed by atoms with E-state index in [0.29, 0.717) is 23.6 Å². The molecule has 0 aromatic heterocycles. The van der Waals surface area contributed by atoms with Crippen LogP contribution < -0.4 is 15.4 Å². The van der Waals surface area contributed by atoms with E-state index in [0.717, 1.165) is 17.3 Å². The lowest BCUT2D eigenvalue weighted by molar-refractivity contribution is -0.150. The lowest BCUT2D eigenvalue weighted by Crippen LogP contribution is -2.44. The Hall–Kier alpha value is -3.77. The fraction of sp³-hybridized carbons (Fsp3) is 0.280. The van der Waals surface area contributed by atoms with Gasteiger partial charge in [-0.1, -0.05) is 53.7 Å². The van der Waals surface area contributed by atoms with E-state index < -0.39 is 23.7 Å². The van der Waals surface area contributed by atoms with Crippen molar-refractivity contribution in [1.29, 1.82) is 5.26 Å². The van der Waals surface area contributed by atoms with Gasteiger partial charge in [-0.2, -0.15) is 5.26 Å². The number of thioether (sulfide) groups is 1. The first-order valence-corrected chi connectivity index (χ1v) is 11.6. The molecule has 0 radical (unpaired) electrons. The first-order valence-electron chi connectivity index (χ1n) is 10.6. The fourth-order valence-corrected chi connectivity index (χ4v) is 4.48. The minimum absolute atomic E-state index is 0.0647. The van der Waals surface area contributed by atoms with Crippen LogP contribution in [0.25, 0.3) is 0 Å². The van der Waals surface area contributed by atoms with Crippen molar-refractivity contribution < 1.29 is 23.9 Å². The van der Waals surface area contributed by atoms with Crippen molar-refractivity contribution in [2.45, 2.75) is 19.8 Å². The number of aryl methyl sites for hydroxylation is 1. The number of nitrogens with one attached hydrogen (secondary N) is 2. The minimum Gasteiger partial charge on any atom is -0.492 e. The number of ether oxygens (including phenoxy) is 2. The molecular formula is C25H25N3O5S. The van der Waals surface area contributed by atoms with Gasteiger partial charge in [-0.15, -0.1) is 0 Å². The zero-order chi connectivity index (χ0) is 24.7. The standard InChI is InChI=1S/C25H25N3O5S/c1-4-33-19-8-6-5-7-18(19)27-20(29)14-34-24-17(13-26)21(16-11-9-15(2)10-12-16)22(23(30)28-24)25(31)32-3/h5-12,21-22H,4,14H2,1-3H3,(H,27,29)(H,28,30)/t21-,22-/m1/s1. The summed E-state index contributed by atoms with van der Waals surface area (Å²) in [6.45, 7) is 4.22. The van der Waals surface area contributed by atoms with Crippen LogP contribution in [0.2, 0.25) is 0 Å². The Morgan fingerprint density at radius 2 is 1.88 bits per heavy atom. The number of benzene rings is 2. The van der Waals surface area contributed by atoms with Gasteiger partial charge in [-0.25, -0.2) is 0 Å². The lowest BCUT2D eigenvalue weighted by atomic mass is 9.78. The summed E-state index contributed by atoms with van der Waals surface area (Å²) >= 11 is 1.02. The molecule has 9 heteroatoms. The van der Waals surface area contributed by atoms with Crippen molar-refractivity contribution in [2.24, 2.45) is 5.92 Å². The van der Waals surface area contributed by atoms with E-state index in [-0.39, 0.29) is 22.3 Å². The van der Waals surface area contributed by atoms with Gasteiger partial charge in [0.05, 0.1) is 41.8 Å². The third-order valence-corrected chi connectivity index (χ3v) is 6.25. The molecule has 1 heterocycles. The molecule has 1 aliphatic heterocycles. The Labute approximate surface area is 202 Å². The van der Waals surface area contributed by atoms with Gasteiger partial charge in [0.15, 0.2) is 0 Å². The van der Waals surface area contributed by atoms with E-state index in [1.165, 1.54) is 7.11 Å². The summed E-state index contributed by atoms with van der Waals surface area (Å²) in [5.74, 6) is -3.20. The van der Waals surface area contributed by atoms with Gasteiger partial charge in [-0.05, 0) is 31.5 Å². The Morgan fingerprint density at radius 3 is 2.53 bits per heavy atom. The number of esters is 1. The van der Waals surface area contributed by atoms with Crippen LogP contribution in [0, 0.1) is 24.2 Å². The highest BCUT2D eigenvalue weighted by molar-refractivity contribution is 8.03. The molecule has 34 heavy (non-hydrogen) atoms. The van der Waals surface area contributed by atoms with Crippen molar-refractivity contribution in [3.05, 3.63) is 70.3 Å². The van der Waals surface area contributed by atoms with Gasteiger partial charge in [-0.3, -0.25) is 14.4 Å². The molecule has 8 nitrogen and oxygen atoms in total. The van der Waals surface area contributed by atoms with Gasteiger partial charge in [0.2, 0.25) is 11.8 Å². The molecule has 0 bridgehead atoms. The maximum absolute atomic E-state index is 12.9. The number of rotatable bonds is 8. The maximum atomic E-state index is 12.9. The molecule has 0 fully saturated rings. The van der Waals surface area contributed by atoms with Crippen molar-refractivity contribution >= 4 is 35.2 Å². The van der Waals surface area contributed by atoms with Gasteiger partial charge < -0.3 is 20.1 Å².